The predicted molar refractivity (Wildman–Crippen MR) is 60.2 cm³/mol. The number of H-pyrrole nitrogens is 1. The molecule has 2 rings (SSSR count). The van der Waals surface area contributed by atoms with Gasteiger partial charge >= 0.3 is 0 Å². The van der Waals surface area contributed by atoms with Gasteiger partial charge in [0.15, 0.2) is 0 Å². The van der Waals surface area contributed by atoms with Crippen molar-refractivity contribution < 1.29 is 4.79 Å². The lowest BCUT2D eigenvalue weighted by Gasteiger charge is -1.97. The third-order valence-corrected chi connectivity index (χ3v) is 2.23. The number of aromatic nitrogens is 1. The number of carbonyl (C=O) groups is 1. The van der Waals surface area contributed by atoms with Gasteiger partial charge in [0.1, 0.15) is 0 Å². The maximum atomic E-state index is 10.7. The fraction of sp³-hybridized carbons (Fsp3) is 0.182. The maximum absolute atomic E-state index is 10.7. The summed E-state index contributed by atoms with van der Waals surface area (Å²) in [4.78, 5) is 13.9. The summed E-state index contributed by atoms with van der Waals surface area (Å²) < 4.78 is 0. The highest BCUT2D eigenvalue weighted by Gasteiger charge is 2.01. The molecule has 0 unspecified atom stereocenters. The zero-order valence-corrected chi connectivity index (χ0v) is 8.50. The van der Waals surface area contributed by atoms with Crippen LogP contribution in [0.1, 0.15) is 12.6 Å². The van der Waals surface area contributed by atoms with Crippen molar-refractivity contribution in [2.45, 2.75) is 13.5 Å². The van der Waals surface area contributed by atoms with Crippen LogP contribution in [0.15, 0.2) is 24.3 Å². The van der Waals surface area contributed by atoms with E-state index in [-0.39, 0.29) is 5.91 Å². The standard InChI is InChI=1S/C11H13N3O/c1-7(15)13-6-10-5-8-4-9(12)2-3-11(8)14-10/h2-5,14H,6,12H2,1H3,(H,13,15). The summed E-state index contributed by atoms with van der Waals surface area (Å²) in [6.45, 7) is 2.02. The highest BCUT2D eigenvalue weighted by atomic mass is 16.1. The lowest BCUT2D eigenvalue weighted by atomic mass is 10.2. The minimum absolute atomic E-state index is 0.0341. The van der Waals surface area contributed by atoms with E-state index in [1.54, 1.807) is 0 Å². The Morgan fingerprint density at radius 1 is 1.47 bits per heavy atom. The van der Waals surface area contributed by atoms with Gasteiger partial charge < -0.3 is 16.0 Å². The molecule has 0 saturated carbocycles. The normalized spacial score (nSPS) is 10.5. The van der Waals surface area contributed by atoms with E-state index in [1.807, 2.05) is 24.3 Å². The zero-order chi connectivity index (χ0) is 10.8. The Morgan fingerprint density at radius 2 is 2.27 bits per heavy atom. The third kappa shape index (κ3) is 2.10. The number of benzene rings is 1. The summed E-state index contributed by atoms with van der Waals surface area (Å²) in [5, 5.41) is 3.80. The van der Waals surface area contributed by atoms with Gasteiger partial charge in [-0.15, -0.1) is 0 Å². The average molecular weight is 203 g/mol. The molecule has 78 valence electrons. The minimum atomic E-state index is -0.0341. The first-order valence-electron chi connectivity index (χ1n) is 4.77. The number of carbonyl (C=O) groups excluding carboxylic acids is 1. The SMILES string of the molecule is CC(=O)NCc1cc2cc(N)ccc2[nH]1. The molecule has 15 heavy (non-hydrogen) atoms. The fourth-order valence-corrected chi connectivity index (χ4v) is 1.53. The molecule has 0 saturated heterocycles. The van der Waals surface area contributed by atoms with Gasteiger partial charge in [0.25, 0.3) is 0 Å². The monoisotopic (exact) mass is 203 g/mol. The van der Waals surface area contributed by atoms with E-state index in [0.717, 1.165) is 22.3 Å². The summed E-state index contributed by atoms with van der Waals surface area (Å²) >= 11 is 0. The largest absolute Gasteiger partial charge is 0.399 e. The molecule has 2 aromatic rings. The van der Waals surface area contributed by atoms with E-state index in [2.05, 4.69) is 10.3 Å². The molecule has 4 heteroatoms. The molecule has 0 aliphatic carbocycles. The number of fused-ring (bicyclic) bond motifs is 1. The first-order valence-corrected chi connectivity index (χ1v) is 4.77. The van der Waals surface area contributed by atoms with Gasteiger partial charge in [-0.25, -0.2) is 0 Å². The Bertz CT molecular complexity index is 502. The van der Waals surface area contributed by atoms with Crippen LogP contribution in [-0.4, -0.2) is 10.9 Å². The number of hydrogen-bond acceptors (Lipinski definition) is 2. The highest BCUT2D eigenvalue weighted by Crippen LogP contribution is 2.18. The molecule has 0 aliphatic heterocycles. The summed E-state index contributed by atoms with van der Waals surface area (Å²) in [6, 6.07) is 7.67. The molecular weight excluding hydrogens is 190 g/mol. The van der Waals surface area contributed by atoms with Crippen LogP contribution < -0.4 is 11.1 Å². The lowest BCUT2D eigenvalue weighted by molar-refractivity contribution is -0.119. The van der Waals surface area contributed by atoms with E-state index < -0.39 is 0 Å². The number of nitrogens with two attached hydrogens (primary N) is 1. The zero-order valence-electron chi connectivity index (χ0n) is 8.50. The summed E-state index contributed by atoms with van der Waals surface area (Å²) in [5.74, 6) is -0.0341. The number of rotatable bonds is 2. The molecule has 4 nitrogen and oxygen atoms in total. The third-order valence-electron chi connectivity index (χ3n) is 2.23. The summed E-state index contributed by atoms with van der Waals surface area (Å²) in [5.41, 5.74) is 8.42. The smallest absolute Gasteiger partial charge is 0.217 e. The predicted octanol–water partition coefficient (Wildman–Crippen LogP) is 1.39. The maximum Gasteiger partial charge on any atom is 0.217 e. The van der Waals surface area contributed by atoms with E-state index in [0.29, 0.717) is 6.54 Å². The van der Waals surface area contributed by atoms with Gasteiger partial charge in [-0.3, -0.25) is 4.79 Å². The average Bonchev–Trinajstić information content (AvgIpc) is 2.56. The Morgan fingerprint density at radius 3 is 3.00 bits per heavy atom. The van der Waals surface area contributed by atoms with E-state index in [9.17, 15) is 4.79 Å². The molecule has 1 aromatic carbocycles. The lowest BCUT2D eigenvalue weighted by Crippen LogP contribution is -2.18. The van der Waals surface area contributed by atoms with Crippen LogP contribution in [0.4, 0.5) is 5.69 Å². The van der Waals surface area contributed by atoms with E-state index in [1.165, 1.54) is 6.92 Å². The highest BCUT2D eigenvalue weighted by molar-refractivity contribution is 5.83. The number of nitrogen functional groups attached to an aromatic ring is 1. The first kappa shape index (κ1) is 9.58. The van der Waals surface area contributed by atoms with Crippen molar-refractivity contribution in [3.05, 3.63) is 30.0 Å². The Hall–Kier alpha value is -1.97. The molecular formula is C11H13N3O. The molecule has 0 spiro atoms. The second kappa shape index (κ2) is 3.65. The molecule has 0 aliphatic rings. The van der Waals surface area contributed by atoms with Gasteiger partial charge in [0, 0.05) is 29.2 Å². The molecule has 1 amide bonds. The Labute approximate surface area is 87.5 Å². The minimum Gasteiger partial charge on any atom is -0.399 e. The van der Waals surface area contributed by atoms with Crippen LogP contribution in [0.25, 0.3) is 10.9 Å². The number of nitrogens with one attached hydrogen (secondary N) is 2. The Kier molecular flexibility index (Phi) is 2.33. The van der Waals surface area contributed by atoms with Crippen molar-refractivity contribution in [2.75, 3.05) is 5.73 Å². The van der Waals surface area contributed by atoms with Crippen molar-refractivity contribution in [2.24, 2.45) is 0 Å². The van der Waals surface area contributed by atoms with E-state index >= 15 is 0 Å². The topological polar surface area (TPSA) is 70.9 Å². The molecule has 0 atom stereocenters. The van der Waals surface area contributed by atoms with Crippen LogP contribution in [0.5, 0.6) is 0 Å². The van der Waals surface area contributed by atoms with Gasteiger partial charge in [-0.05, 0) is 24.3 Å². The van der Waals surface area contributed by atoms with Gasteiger partial charge in [-0.2, -0.15) is 0 Å². The van der Waals surface area contributed by atoms with Gasteiger partial charge in [-0.1, -0.05) is 0 Å². The second-order valence-electron chi connectivity index (χ2n) is 3.55. The van der Waals surface area contributed by atoms with Crippen molar-refractivity contribution >= 4 is 22.5 Å². The molecule has 0 fully saturated rings. The fourth-order valence-electron chi connectivity index (χ4n) is 1.53. The summed E-state index contributed by atoms with van der Waals surface area (Å²) in [6.07, 6.45) is 0. The first-order chi connectivity index (χ1) is 7.15. The molecule has 4 N–H and O–H groups in total. The molecule has 0 radical (unpaired) electrons. The number of amides is 1. The van der Waals surface area contributed by atoms with Gasteiger partial charge in [0.2, 0.25) is 5.91 Å². The summed E-state index contributed by atoms with van der Waals surface area (Å²) in [7, 11) is 0. The van der Waals surface area contributed by atoms with Crippen LogP contribution in [0, 0.1) is 0 Å². The van der Waals surface area contributed by atoms with Gasteiger partial charge in [0.05, 0.1) is 6.54 Å². The molecule has 0 bridgehead atoms. The van der Waals surface area contributed by atoms with Crippen molar-refractivity contribution in [1.82, 2.24) is 10.3 Å². The number of hydrogen-bond donors (Lipinski definition) is 3. The Balaban J connectivity index is 2.27. The number of aromatic amines is 1. The molecule has 1 heterocycles. The van der Waals surface area contributed by atoms with Crippen LogP contribution in [0.3, 0.4) is 0 Å². The van der Waals surface area contributed by atoms with E-state index in [4.69, 9.17) is 5.73 Å². The second-order valence-corrected chi connectivity index (χ2v) is 3.55. The van der Waals surface area contributed by atoms with Crippen LogP contribution >= 0.6 is 0 Å². The van der Waals surface area contributed by atoms with Crippen molar-refractivity contribution in [3.8, 4) is 0 Å². The quantitative estimate of drug-likeness (QED) is 0.645. The molecule has 1 aromatic heterocycles. The van der Waals surface area contributed by atoms with Crippen LogP contribution in [0.2, 0.25) is 0 Å². The van der Waals surface area contributed by atoms with Crippen molar-refractivity contribution in [1.29, 1.82) is 0 Å². The van der Waals surface area contributed by atoms with Crippen LogP contribution in [-0.2, 0) is 11.3 Å². The van der Waals surface area contributed by atoms with Crippen molar-refractivity contribution in [3.63, 3.8) is 0 Å². The number of anilines is 1.